The van der Waals surface area contributed by atoms with Gasteiger partial charge in [-0.25, -0.2) is 0 Å². The molecule has 0 aliphatic carbocycles. The molecule has 1 aromatic carbocycles. The van der Waals surface area contributed by atoms with Gasteiger partial charge in [0.25, 0.3) is 5.91 Å². The molecule has 1 unspecified atom stereocenters. The lowest BCUT2D eigenvalue weighted by Crippen LogP contribution is -2.51. The highest BCUT2D eigenvalue weighted by Gasteiger charge is 2.26. The smallest absolute Gasteiger partial charge is 0.257 e. The van der Waals surface area contributed by atoms with Crippen molar-refractivity contribution in [3.8, 4) is 5.75 Å². The molecular weight excluding hydrogens is 306 g/mol. The van der Waals surface area contributed by atoms with Crippen LogP contribution in [0.4, 0.5) is 0 Å². The summed E-state index contributed by atoms with van der Waals surface area (Å²) in [5.74, 6) is 0.655. The third kappa shape index (κ3) is 4.69. The molecule has 0 aromatic heterocycles. The Kier molecular flexibility index (Phi) is 6.60. The molecule has 1 aliphatic heterocycles. The maximum atomic E-state index is 12.8. The summed E-state index contributed by atoms with van der Waals surface area (Å²) >= 11 is 0. The zero-order valence-electron chi connectivity index (χ0n) is 15.2. The molecule has 2 rings (SSSR count). The van der Waals surface area contributed by atoms with Gasteiger partial charge in [-0.05, 0) is 32.6 Å². The van der Waals surface area contributed by atoms with Crippen LogP contribution in [-0.2, 0) is 0 Å². The highest BCUT2D eigenvalue weighted by atomic mass is 16.5. The molecule has 1 aliphatic rings. The highest BCUT2D eigenvalue weighted by molar-refractivity contribution is 5.98. The predicted octanol–water partition coefficient (Wildman–Crippen LogP) is 0.684. The van der Waals surface area contributed by atoms with Crippen molar-refractivity contribution in [2.45, 2.75) is 13.0 Å². The molecule has 1 saturated heterocycles. The third-order valence-corrected chi connectivity index (χ3v) is 4.37. The van der Waals surface area contributed by atoms with Crippen molar-refractivity contribution in [2.24, 2.45) is 0 Å². The Bertz CT molecular complexity index is 554. The largest absolute Gasteiger partial charge is 0.496 e. The standard InChI is InChI=1S/C18H29N3O3/c1-14-6-5-7-16(24-4)17(14)18(23)21-10-8-20(9-11-21)13-15(22)12-19(2)3/h5-7,15,22H,8-13H2,1-4H3. The number of aryl methyl sites for hydroxylation is 1. The zero-order valence-corrected chi connectivity index (χ0v) is 15.2. The molecule has 134 valence electrons. The van der Waals surface area contributed by atoms with Gasteiger partial charge >= 0.3 is 0 Å². The van der Waals surface area contributed by atoms with Gasteiger partial charge < -0.3 is 19.6 Å². The number of rotatable bonds is 6. The van der Waals surface area contributed by atoms with Crippen LogP contribution in [0.25, 0.3) is 0 Å². The van der Waals surface area contributed by atoms with Gasteiger partial charge in [0.05, 0.1) is 18.8 Å². The molecule has 0 radical (unpaired) electrons. The van der Waals surface area contributed by atoms with E-state index in [0.29, 0.717) is 37.5 Å². The summed E-state index contributed by atoms with van der Waals surface area (Å²) in [5.41, 5.74) is 1.59. The fourth-order valence-corrected chi connectivity index (χ4v) is 3.15. The lowest BCUT2D eigenvalue weighted by Gasteiger charge is -2.36. The second-order valence-electron chi connectivity index (χ2n) is 6.66. The van der Waals surface area contributed by atoms with Crippen molar-refractivity contribution in [2.75, 3.05) is 60.5 Å². The van der Waals surface area contributed by atoms with Gasteiger partial charge in [0.15, 0.2) is 0 Å². The maximum absolute atomic E-state index is 12.8. The quantitative estimate of drug-likeness (QED) is 0.829. The molecule has 0 spiro atoms. The van der Waals surface area contributed by atoms with E-state index in [1.54, 1.807) is 7.11 Å². The molecule has 24 heavy (non-hydrogen) atoms. The Balaban J connectivity index is 1.94. The van der Waals surface area contributed by atoms with Gasteiger partial charge in [-0.15, -0.1) is 0 Å². The summed E-state index contributed by atoms with van der Waals surface area (Å²) in [6.45, 7) is 6.14. The van der Waals surface area contributed by atoms with Gasteiger partial charge in [-0.3, -0.25) is 9.69 Å². The first-order valence-corrected chi connectivity index (χ1v) is 8.40. The summed E-state index contributed by atoms with van der Waals surface area (Å²) < 4.78 is 5.35. The summed E-state index contributed by atoms with van der Waals surface area (Å²) in [5, 5.41) is 10.0. The van der Waals surface area contributed by atoms with E-state index < -0.39 is 0 Å². The van der Waals surface area contributed by atoms with Crippen LogP contribution in [-0.4, -0.2) is 92.3 Å². The molecule has 1 N–H and O–H groups in total. The lowest BCUT2D eigenvalue weighted by molar-refractivity contribution is 0.0477. The number of piperazine rings is 1. The molecule has 6 nitrogen and oxygen atoms in total. The van der Waals surface area contributed by atoms with Crippen molar-refractivity contribution < 1.29 is 14.6 Å². The first-order valence-electron chi connectivity index (χ1n) is 8.40. The van der Waals surface area contributed by atoms with Crippen molar-refractivity contribution in [1.29, 1.82) is 0 Å². The number of amides is 1. The molecule has 6 heteroatoms. The van der Waals surface area contributed by atoms with Crippen molar-refractivity contribution in [3.63, 3.8) is 0 Å². The van der Waals surface area contributed by atoms with Crippen LogP contribution in [0.2, 0.25) is 0 Å². The number of likely N-dealkylation sites (N-methyl/N-ethyl adjacent to an activating group) is 1. The Morgan fingerprint density at radius 3 is 2.54 bits per heavy atom. The van der Waals surface area contributed by atoms with E-state index in [1.807, 2.05) is 49.0 Å². The minimum absolute atomic E-state index is 0.0263. The molecule has 0 saturated carbocycles. The number of aliphatic hydroxyl groups is 1. The number of benzene rings is 1. The van der Waals surface area contributed by atoms with E-state index in [-0.39, 0.29) is 12.0 Å². The van der Waals surface area contributed by atoms with Crippen LogP contribution >= 0.6 is 0 Å². The number of carbonyl (C=O) groups is 1. The van der Waals surface area contributed by atoms with E-state index in [0.717, 1.165) is 18.7 Å². The topological polar surface area (TPSA) is 56.3 Å². The normalized spacial score (nSPS) is 17.2. The molecule has 1 heterocycles. The molecule has 0 bridgehead atoms. The number of carbonyl (C=O) groups excluding carboxylic acids is 1. The van der Waals surface area contributed by atoms with Crippen LogP contribution in [0.1, 0.15) is 15.9 Å². The predicted molar refractivity (Wildman–Crippen MR) is 94.6 cm³/mol. The SMILES string of the molecule is COc1cccc(C)c1C(=O)N1CCN(CC(O)CN(C)C)CC1. The van der Waals surface area contributed by atoms with E-state index in [4.69, 9.17) is 4.74 Å². The van der Waals surface area contributed by atoms with Crippen LogP contribution in [0.3, 0.4) is 0 Å². The number of hydrogen-bond donors (Lipinski definition) is 1. The van der Waals surface area contributed by atoms with Crippen LogP contribution in [0.15, 0.2) is 18.2 Å². The van der Waals surface area contributed by atoms with Gasteiger partial charge in [0.1, 0.15) is 5.75 Å². The fourth-order valence-electron chi connectivity index (χ4n) is 3.15. The zero-order chi connectivity index (χ0) is 17.7. The Hall–Kier alpha value is -1.63. The fraction of sp³-hybridized carbons (Fsp3) is 0.611. The number of β-amino-alcohol motifs (C(OH)–C–C–N with tert-alkyl or cyclic N) is 1. The Morgan fingerprint density at radius 1 is 1.29 bits per heavy atom. The van der Waals surface area contributed by atoms with Crippen LogP contribution in [0.5, 0.6) is 5.75 Å². The maximum Gasteiger partial charge on any atom is 0.257 e. The van der Waals surface area contributed by atoms with Crippen molar-refractivity contribution in [1.82, 2.24) is 14.7 Å². The van der Waals surface area contributed by atoms with Gasteiger partial charge in [-0.2, -0.15) is 0 Å². The van der Waals surface area contributed by atoms with Gasteiger partial charge in [0, 0.05) is 39.3 Å². The van der Waals surface area contributed by atoms with E-state index in [9.17, 15) is 9.90 Å². The van der Waals surface area contributed by atoms with E-state index in [1.165, 1.54) is 0 Å². The van der Waals surface area contributed by atoms with E-state index >= 15 is 0 Å². The molecule has 1 aromatic rings. The summed E-state index contributed by atoms with van der Waals surface area (Å²) in [6, 6.07) is 5.66. The number of methoxy groups -OCH3 is 1. The van der Waals surface area contributed by atoms with Gasteiger partial charge in [-0.1, -0.05) is 12.1 Å². The lowest BCUT2D eigenvalue weighted by atomic mass is 10.1. The first-order chi connectivity index (χ1) is 11.4. The van der Waals surface area contributed by atoms with Crippen molar-refractivity contribution in [3.05, 3.63) is 29.3 Å². The van der Waals surface area contributed by atoms with E-state index in [2.05, 4.69) is 4.90 Å². The Labute approximate surface area is 144 Å². The monoisotopic (exact) mass is 335 g/mol. The second-order valence-corrected chi connectivity index (χ2v) is 6.66. The average Bonchev–Trinajstić information content (AvgIpc) is 2.53. The summed E-state index contributed by atoms with van der Waals surface area (Å²) in [4.78, 5) is 18.9. The number of hydrogen-bond acceptors (Lipinski definition) is 5. The summed E-state index contributed by atoms with van der Waals surface area (Å²) in [7, 11) is 5.50. The average molecular weight is 335 g/mol. The van der Waals surface area contributed by atoms with Crippen LogP contribution in [0, 0.1) is 6.92 Å². The van der Waals surface area contributed by atoms with Crippen molar-refractivity contribution >= 4 is 5.91 Å². The minimum Gasteiger partial charge on any atom is -0.496 e. The minimum atomic E-state index is -0.362. The second kappa shape index (κ2) is 8.46. The highest BCUT2D eigenvalue weighted by Crippen LogP contribution is 2.24. The molecular formula is C18H29N3O3. The first kappa shape index (κ1) is 18.7. The number of aliphatic hydroxyl groups excluding tert-OH is 1. The third-order valence-electron chi connectivity index (χ3n) is 4.37. The Morgan fingerprint density at radius 2 is 1.96 bits per heavy atom. The van der Waals surface area contributed by atoms with Crippen LogP contribution < -0.4 is 4.74 Å². The molecule has 1 fully saturated rings. The molecule has 1 amide bonds. The molecule has 1 atom stereocenters. The summed E-state index contributed by atoms with van der Waals surface area (Å²) in [6.07, 6.45) is -0.362. The number of ether oxygens (including phenoxy) is 1. The van der Waals surface area contributed by atoms with Gasteiger partial charge in [0.2, 0.25) is 0 Å². The number of nitrogens with zero attached hydrogens (tertiary/aromatic N) is 3.